The molecule has 0 saturated carbocycles. The number of carbonyl (C=O) groups is 1. The maximum atomic E-state index is 12.3. The minimum absolute atomic E-state index is 0.267. The zero-order chi connectivity index (χ0) is 15.9. The molecule has 1 aliphatic carbocycles. The van der Waals surface area contributed by atoms with Crippen molar-refractivity contribution in [3.63, 3.8) is 0 Å². The lowest BCUT2D eigenvalue weighted by molar-refractivity contribution is 0.0663. The van der Waals surface area contributed by atoms with Gasteiger partial charge in [0.15, 0.2) is 5.43 Å². The largest absolute Gasteiger partial charge is 0.475 e. The molecule has 2 aromatic rings. The fraction of sp³-hybridized carbons (Fsp3) is 0.444. The third-order valence-electron chi connectivity index (χ3n) is 4.50. The lowest BCUT2D eigenvalue weighted by Gasteiger charge is -2.24. The predicted octanol–water partition coefficient (Wildman–Crippen LogP) is 3.57. The summed E-state index contributed by atoms with van der Waals surface area (Å²) in [5, 5.41) is 9.65. The smallest absolute Gasteiger partial charge is 0.371 e. The van der Waals surface area contributed by atoms with Gasteiger partial charge in [-0.25, -0.2) is 4.79 Å². The lowest BCUT2D eigenvalue weighted by atomic mass is 9.81. The van der Waals surface area contributed by atoms with Gasteiger partial charge in [0, 0.05) is 6.07 Å². The predicted molar refractivity (Wildman–Crippen MR) is 84.6 cm³/mol. The highest BCUT2D eigenvalue weighted by Gasteiger charge is 2.23. The maximum absolute atomic E-state index is 12.3. The summed E-state index contributed by atoms with van der Waals surface area (Å²) in [6.07, 6.45) is 4.81. The van der Waals surface area contributed by atoms with Gasteiger partial charge < -0.3 is 9.52 Å². The van der Waals surface area contributed by atoms with Crippen molar-refractivity contribution in [2.45, 2.75) is 46.0 Å². The van der Waals surface area contributed by atoms with E-state index in [9.17, 15) is 9.59 Å². The molecule has 0 bridgehead atoms. The molecule has 0 fully saturated rings. The monoisotopic (exact) mass is 300 g/mol. The quantitative estimate of drug-likeness (QED) is 0.941. The minimum atomic E-state index is -1.20. The molecule has 1 aliphatic rings. The van der Waals surface area contributed by atoms with Gasteiger partial charge in [-0.3, -0.25) is 4.79 Å². The molecule has 1 N–H and O–H groups in total. The number of hydrogen-bond donors (Lipinski definition) is 1. The second-order valence-corrected chi connectivity index (χ2v) is 6.25. The van der Waals surface area contributed by atoms with Gasteiger partial charge in [-0.2, -0.15) is 0 Å². The van der Waals surface area contributed by atoms with Gasteiger partial charge >= 0.3 is 5.97 Å². The van der Waals surface area contributed by atoms with Crippen LogP contribution in [0.2, 0.25) is 0 Å². The Morgan fingerprint density at radius 1 is 1.41 bits per heavy atom. The van der Waals surface area contributed by atoms with E-state index < -0.39 is 5.97 Å². The first kappa shape index (κ1) is 14.8. The van der Waals surface area contributed by atoms with Crippen molar-refractivity contribution < 1.29 is 14.3 Å². The van der Waals surface area contributed by atoms with Crippen molar-refractivity contribution >= 4 is 16.9 Å². The Kier molecular flexibility index (Phi) is 3.77. The van der Waals surface area contributed by atoms with Crippen molar-refractivity contribution in [2.24, 2.45) is 5.92 Å². The summed E-state index contributed by atoms with van der Waals surface area (Å²) in [5.74, 6) is -0.864. The Hall–Kier alpha value is -2.10. The number of aromatic carboxylic acids is 1. The van der Waals surface area contributed by atoms with Crippen LogP contribution in [0.3, 0.4) is 0 Å². The molecule has 1 unspecified atom stereocenters. The number of fused-ring (bicyclic) bond motifs is 2. The number of hydrogen-bond acceptors (Lipinski definition) is 3. The van der Waals surface area contributed by atoms with E-state index in [1.807, 2.05) is 6.07 Å². The molecule has 1 aromatic heterocycles. The standard InChI is InChI=1S/C18H20O4/c1-3-4-13-12-6-5-10(2)7-11(12)8-14-15(19)9-16(18(20)21)22-17(13)14/h8-10H,3-7H2,1-2H3,(H,20,21). The number of carboxylic acids is 1. The average Bonchev–Trinajstić information content (AvgIpc) is 2.47. The van der Waals surface area contributed by atoms with E-state index in [0.29, 0.717) is 16.9 Å². The second-order valence-electron chi connectivity index (χ2n) is 6.25. The average molecular weight is 300 g/mol. The van der Waals surface area contributed by atoms with E-state index >= 15 is 0 Å². The molecule has 0 aliphatic heterocycles. The van der Waals surface area contributed by atoms with Gasteiger partial charge in [-0.05, 0) is 54.4 Å². The van der Waals surface area contributed by atoms with Crippen molar-refractivity contribution in [1.29, 1.82) is 0 Å². The van der Waals surface area contributed by atoms with Gasteiger partial charge in [-0.1, -0.05) is 20.3 Å². The second kappa shape index (κ2) is 5.59. The van der Waals surface area contributed by atoms with E-state index in [-0.39, 0.29) is 11.2 Å². The molecule has 4 heteroatoms. The highest BCUT2D eigenvalue weighted by Crippen LogP contribution is 2.33. The molecular formula is C18H20O4. The summed E-state index contributed by atoms with van der Waals surface area (Å²) in [6.45, 7) is 4.30. The molecule has 4 nitrogen and oxygen atoms in total. The summed E-state index contributed by atoms with van der Waals surface area (Å²) in [4.78, 5) is 23.5. The summed E-state index contributed by atoms with van der Waals surface area (Å²) < 4.78 is 5.58. The fourth-order valence-corrected chi connectivity index (χ4v) is 3.44. The zero-order valence-electron chi connectivity index (χ0n) is 12.9. The van der Waals surface area contributed by atoms with E-state index in [2.05, 4.69) is 13.8 Å². The van der Waals surface area contributed by atoms with Crippen molar-refractivity contribution in [2.75, 3.05) is 0 Å². The molecule has 0 radical (unpaired) electrons. The van der Waals surface area contributed by atoms with Crippen LogP contribution in [0.15, 0.2) is 21.3 Å². The fourth-order valence-electron chi connectivity index (χ4n) is 3.44. The van der Waals surface area contributed by atoms with Crippen LogP contribution in [0.4, 0.5) is 0 Å². The Morgan fingerprint density at radius 3 is 2.86 bits per heavy atom. The molecule has 22 heavy (non-hydrogen) atoms. The van der Waals surface area contributed by atoms with Crippen LogP contribution in [-0.4, -0.2) is 11.1 Å². The van der Waals surface area contributed by atoms with E-state index in [4.69, 9.17) is 9.52 Å². The normalized spacial score (nSPS) is 17.5. The number of rotatable bonds is 3. The first-order valence-corrected chi connectivity index (χ1v) is 7.86. The van der Waals surface area contributed by atoms with Crippen molar-refractivity contribution in [1.82, 2.24) is 0 Å². The lowest BCUT2D eigenvalue weighted by Crippen LogP contribution is -2.16. The van der Waals surface area contributed by atoms with Crippen molar-refractivity contribution in [3.05, 3.63) is 44.8 Å². The van der Waals surface area contributed by atoms with Gasteiger partial charge in [0.25, 0.3) is 0 Å². The molecule has 116 valence electrons. The molecule has 1 heterocycles. The Bertz CT molecular complexity index is 801. The maximum Gasteiger partial charge on any atom is 0.371 e. The number of carboxylic acid groups (broad SMARTS) is 1. The summed E-state index contributed by atoms with van der Waals surface area (Å²) in [7, 11) is 0. The van der Waals surface area contributed by atoms with Crippen LogP contribution >= 0.6 is 0 Å². The zero-order valence-corrected chi connectivity index (χ0v) is 12.9. The summed E-state index contributed by atoms with van der Waals surface area (Å²) in [5.41, 5.74) is 3.72. The van der Waals surface area contributed by atoms with Crippen LogP contribution in [0.5, 0.6) is 0 Å². The third kappa shape index (κ3) is 2.43. The van der Waals surface area contributed by atoms with E-state index in [1.54, 1.807) is 0 Å². The third-order valence-corrected chi connectivity index (χ3v) is 4.50. The van der Waals surface area contributed by atoms with E-state index in [1.165, 1.54) is 11.1 Å². The molecule has 3 rings (SSSR count). The van der Waals surface area contributed by atoms with Crippen molar-refractivity contribution in [3.8, 4) is 0 Å². The Morgan fingerprint density at radius 2 is 2.18 bits per heavy atom. The molecule has 0 saturated heterocycles. The Balaban J connectivity index is 2.35. The highest BCUT2D eigenvalue weighted by molar-refractivity contribution is 5.89. The van der Waals surface area contributed by atoms with E-state index in [0.717, 1.165) is 43.7 Å². The molecule has 0 amide bonds. The van der Waals surface area contributed by atoms with Crippen LogP contribution < -0.4 is 5.43 Å². The molecule has 0 spiro atoms. The van der Waals surface area contributed by atoms with Gasteiger partial charge in [-0.15, -0.1) is 0 Å². The number of benzene rings is 1. The highest BCUT2D eigenvalue weighted by atomic mass is 16.4. The first-order chi connectivity index (χ1) is 10.5. The van der Waals surface area contributed by atoms with Gasteiger partial charge in [0.05, 0.1) is 5.39 Å². The van der Waals surface area contributed by atoms with Crippen LogP contribution in [0.1, 0.15) is 53.9 Å². The Labute approximate surface area is 128 Å². The van der Waals surface area contributed by atoms with Gasteiger partial charge in [0.1, 0.15) is 5.58 Å². The molecular weight excluding hydrogens is 280 g/mol. The van der Waals surface area contributed by atoms with Crippen LogP contribution in [0, 0.1) is 5.92 Å². The van der Waals surface area contributed by atoms with Crippen LogP contribution in [-0.2, 0) is 19.3 Å². The molecule has 1 atom stereocenters. The number of aryl methyl sites for hydroxylation is 1. The summed E-state index contributed by atoms with van der Waals surface area (Å²) in [6, 6.07) is 3.00. The molecule has 1 aromatic carbocycles. The summed E-state index contributed by atoms with van der Waals surface area (Å²) >= 11 is 0. The first-order valence-electron chi connectivity index (χ1n) is 7.86. The topological polar surface area (TPSA) is 67.5 Å². The van der Waals surface area contributed by atoms with Gasteiger partial charge in [0.2, 0.25) is 5.76 Å². The SMILES string of the molecule is CCCc1c2c(cc3c(=O)cc(C(=O)O)oc13)CC(C)CC2. The minimum Gasteiger partial charge on any atom is -0.475 e. The van der Waals surface area contributed by atoms with Crippen LogP contribution in [0.25, 0.3) is 11.0 Å².